The number of pyridine rings is 1. The zero-order chi connectivity index (χ0) is 26.0. The number of alkyl halides is 1. The fourth-order valence-corrected chi connectivity index (χ4v) is 5.34. The molecule has 2 aliphatic rings. The molecule has 2 amide bonds. The van der Waals surface area contributed by atoms with Crippen LogP contribution < -0.4 is 15.1 Å². The van der Waals surface area contributed by atoms with Gasteiger partial charge in [-0.1, -0.05) is 6.58 Å². The van der Waals surface area contributed by atoms with Gasteiger partial charge in [0.25, 0.3) is 5.91 Å². The van der Waals surface area contributed by atoms with Gasteiger partial charge in [-0.15, -0.1) is 0 Å². The summed E-state index contributed by atoms with van der Waals surface area (Å²) in [6, 6.07) is 7.73. The molecule has 1 N–H and O–H groups in total. The molecule has 4 rings (SSSR count). The average Bonchev–Trinajstić information content (AvgIpc) is 3.24. The van der Waals surface area contributed by atoms with E-state index in [-0.39, 0.29) is 30.1 Å². The summed E-state index contributed by atoms with van der Waals surface area (Å²) in [5.74, 6) is -0.780. The van der Waals surface area contributed by atoms with Crippen molar-refractivity contribution in [3.8, 4) is 11.1 Å². The second-order valence-electron chi connectivity index (χ2n) is 8.69. The molecule has 0 radical (unpaired) electrons. The molecule has 1 aromatic heterocycles. The normalized spacial score (nSPS) is 22.1. The molecular weight excluding hydrogens is 494 g/mol. The standard InChI is InChI=1S/C24H26F2N4O5S/c1-3-20(25)23(31)28-12-18-14-30(24(32)35-18)17-5-6-19(21(26)10-17)16-4-7-22(27-11-16)29-8-9-36(33,34)15(2)13-29/h3-7,10-11,15,18,20H,1,8-9,12-14H2,2H3,(H,28,31)/t15?,18-,20?/m0/s1. The summed E-state index contributed by atoms with van der Waals surface area (Å²) >= 11 is 0. The highest BCUT2D eigenvalue weighted by atomic mass is 32.2. The van der Waals surface area contributed by atoms with Crippen molar-refractivity contribution in [3.63, 3.8) is 0 Å². The molecule has 2 aromatic rings. The van der Waals surface area contributed by atoms with Crippen LogP contribution in [-0.2, 0) is 19.4 Å². The van der Waals surface area contributed by atoms with Crippen LogP contribution in [0.4, 0.5) is 25.1 Å². The van der Waals surface area contributed by atoms with Gasteiger partial charge in [-0.2, -0.15) is 0 Å². The Balaban J connectivity index is 1.42. The first-order chi connectivity index (χ1) is 17.1. The number of benzene rings is 1. The van der Waals surface area contributed by atoms with E-state index in [2.05, 4.69) is 16.9 Å². The summed E-state index contributed by atoms with van der Waals surface area (Å²) < 4.78 is 57.3. The van der Waals surface area contributed by atoms with Crippen LogP contribution in [0.2, 0.25) is 0 Å². The zero-order valence-corrected chi connectivity index (χ0v) is 20.4. The van der Waals surface area contributed by atoms with Crippen LogP contribution in [0.15, 0.2) is 49.2 Å². The summed E-state index contributed by atoms with van der Waals surface area (Å²) in [6.07, 6.45) is -0.902. The van der Waals surface area contributed by atoms with Crippen molar-refractivity contribution in [1.29, 1.82) is 0 Å². The Kier molecular flexibility index (Phi) is 7.25. The van der Waals surface area contributed by atoms with Gasteiger partial charge in [-0.05, 0) is 43.3 Å². The van der Waals surface area contributed by atoms with E-state index in [1.54, 1.807) is 25.1 Å². The average molecular weight is 521 g/mol. The van der Waals surface area contributed by atoms with Crippen LogP contribution in [0.1, 0.15) is 6.92 Å². The number of carbonyl (C=O) groups excluding carboxylic acids is 2. The van der Waals surface area contributed by atoms with Crippen molar-refractivity contribution in [2.45, 2.75) is 24.4 Å². The molecule has 0 saturated carbocycles. The molecule has 1 aromatic carbocycles. The molecule has 192 valence electrons. The Labute approximate surface area is 207 Å². The number of rotatable bonds is 7. The summed E-state index contributed by atoms with van der Waals surface area (Å²) in [4.78, 5) is 31.3. The van der Waals surface area contributed by atoms with E-state index in [0.717, 1.165) is 6.08 Å². The van der Waals surface area contributed by atoms with Crippen LogP contribution in [0.25, 0.3) is 11.1 Å². The molecule has 0 aliphatic carbocycles. The number of carbonyl (C=O) groups is 2. The van der Waals surface area contributed by atoms with Crippen LogP contribution in [-0.4, -0.2) is 74.9 Å². The molecule has 2 aliphatic heterocycles. The number of aromatic nitrogens is 1. The molecular formula is C24H26F2N4O5S. The monoisotopic (exact) mass is 520 g/mol. The fourth-order valence-electron chi connectivity index (χ4n) is 4.06. The van der Waals surface area contributed by atoms with Gasteiger partial charge in [0, 0.05) is 30.4 Å². The first-order valence-electron chi connectivity index (χ1n) is 11.3. The third-order valence-corrected chi connectivity index (χ3v) is 8.35. The maximum absolute atomic E-state index is 15.0. The minimum absolute atomic E-state index is 0.0587. The lowest BCUT2D eigenvalue weighted by atomic mass is 10.1. The zero-order valence-electron chi connectivity index (χ0n) is 19.6. The third kappa shape index (κ3) is 5.32. The first-order valence-corrected chi connectivity index (χ1v) is 13.1. The van der Waals surface area contributed by atoms with Gasteiger partial charge in [-0.3, -0.25) is 9.69 Å². The van der Waals surface area contributed by atoms with E-state index in [1.165, 1.54) is 23.2 Å². The number of cyclic esters (lactones) is 1. The number of hydrogen-bond donors (Lipinski definition) is 1. The molecule has 0 spiro atoms. The smallest absolute Gasteiger partial charge is 0.414 e. The first kappa shape index (κ1) is 25.5. The Bertz CT molecular complexity index is 1270. The van der Waals surface area contributed by atoms with Crippen molar-refractivity contribution in [2.24, 2.45) is 0 Å². The molecule has 9 nitrogen and oxygen atoms in total. The summed E-state index contributed by atoms with van der Waals surface area (Å²) in [6.45, 7) is 5.54. The van der Waals surface area contributed by atoms with Crippen LogP contribution in [0, 0.1) is 5.82 Å². The summed E-state index contributed by atoms with van der Waals surface area (Å²) in [7, 11) is -3.08. The van der Waals surface area contributed by atoms with Crippen molar-refractivity contribution < 1.29 is 31.5 Å². The Hall–Kier alpha value is -3.54. The van der Waals surface area contributed by atoms with Gasteiger partial charge >= 0.3 is 6.09 Å². The molecule has 3 atom stereocenters. The van der Waals surface area contributed by atoms with Crippen LogP contribution >= 0.6 is 0 Å². The number of anilines is 2. The molecule has 2 saturated heterocycles. The summed E-state index contributed by atoms with van der Waals surface area (Å²) in [5.41, 5.74) is 1.08. The molecule has 36 heavy (non-hydrogen) atoms. The predicted octanol–water partition coefficient (Wildman–Crippen LogP) is 2.48. The highest BCUT2D eigenvalue weighted by Crippen LogP contribution is 2.30. The fraction of sp³-hybridized carbons (Fsp3) is 0.375. The van der Waals surface area contributed by atoms with Gasteiger partial charge in [0.2, 0.25) is 0 Å². The predicted molar refractivity (Wildman–Crippen MR) is 131 cm³/mol. The lowest BCUT2D eigenvalue weighted by molar-refractivity contribution is -0.124. The maximum Gasteiger partial charge on any atom is 0.414 e. The number of nitrogens with one attached hydrogen (secondary N) is 1. The summed E-state index contributed by atoms with van der Waals surface area (Å²) in [5, 5.41) is 1.85. The highest BCUT2D eigenvalue weighted by Gasteiger charge is 2.33. The Morgan fingerprint density at radius 2 is 2.11 bits per heavy atom. The minimum Gasteiger partial charge on any atom is -0.442 e. The maximum atomic E-state index is 15.0. The second-order valence-corrected chi connectivity index (χ2v) is 11.2. The van der Waals surface area contributed by atoms with Crippen molar-refractivity contribution in [1.82, 2.24) is 10.3 Å². The van der Waals surface area contributed by atoms with Crippen molar-refractivity contribution in [3.05, 3.63) is 55.0 Å². The molecule has 12 heteroatoms. The quantitative estimate of drug-likeness (QED) is 0.559. The second kappa shape index (κ2) is 10.2. The van der Waals surface area contributed by atoms with Crippen LogP contribution in [0.5, 0.6) is 0 Å². The van der Waals surface area contributed by atoms with Gasteiger partial charge in [0.05, 0.1) is 29.8 Å². The molecule has 3 heterocycles. The van der Waals surface area contributed by atoms with E-state index in [9.17, 15) is 26.8 Å². The number of sulfone groups is 1. The minimum atomic E-state index is -3.08. The number of hydrogen-bond acceptors (Lipinski definition) is 7. The lowest BCUT2D eigenvalue weighted by Crippen LogP contribution is -2.45. The number of halogens is 2. The van der Waals surface area contributed by atoms with E-state index in [4.69, 9.17) is 4.74 Å². The third-order valence-electron chi connectivity index (χ3n) is 6.22. The number of amides is 2. The highest BCUT2D eigenvalue weighted by molar-refractivity contribution is 7.92. The van der Waals surface area contributed by atoms with E-state index in [0.29, 0.717) is 24.5 Å². The van der Waals surface area contributed by atoms with Crippen molar-refractivity contribution >= 4 is 33.3 Å². The van der Waals surface area contributed by atoms with E-state index >= 15 is 0 Å². The van der Waals surface area contributed by atoms with Gasteiger partial charge in [0.1, 0.15) is 17.7 Å². The molecule has 0 bridgehead atoms. The van der Waals surface area contributed by atoms with Crippen molar-refractivity contribution in [2.75, 3.05) is 41.7 Å². The lowest BCUT2D eigenvalue weighted by Gasteiger charge is -2.31. The number of nitrogens with zero attached hydrogens (tertiary/aromatic N) is 3. The van der Waals surface area contributed by atoms with Gasteiger partial charge in [-0.25, -0.2) is 27.0 Å². The van der Waals surface area contributed by atoms with E-state index in [1.807, 2.05) is 4.90 Å². The SMILES string of the molecule is C=CC(F)C(=O)NC[C@H]1CN(c2ccc(-c3ccc(N4CCS(=O)(=O)C(C)C4)nc3)c(F)c2)C(=O)O1. The number of ether oxygens (including phenoxy) is 1. The van der Waals surface area contributed by atoms with Gasteiger partial charge < -0.3 is 15.0 Å². The topological polar surface area (TPSA) is 109 Å². The van der Waals surface area contributed by atoms with Gasteiger partial charge in [0.15, 0.2) is 16.0 Å². The Morgan fingerprint density at radius 1 is 1.33 bits per heavy atom. The molecule has 2 unspecified atom stereocenters. The van der Waals surface area contributed by atoms with Crippen LogP contribution in [0.3, 0.4) is 0 Å². The molecule has 2 fully saturated rings. The Morgan fingerprint density at radius 3 is 2.75 bits per heavy atom. The van der Waals surface area contributed by atoms with E-state index < -0.39 is 45.2 Å². The largest absolute Gasteiger partial charge is 0.442 e.